The van der Waals surface area contributed by atoms with Crippen LogP contribution >= 0.6 is 11.9 Å². The van der Waals surface area contributed by atoms with Crippen LogP contribution in [0.25, 0.3) is 0 Å². The van der Waals surface area contributed by atoms with Crippen LogP contribution in [0, 0.1) is 26.6 Å². The zero-order chi connectivity index (χ0) is 19.6. The highest BCUT2D eigenvalue weighted by molar-refractivity contribution is 8.00. The predicted molar refractivity (Wildman–Crippen MR) is 111 cm³/mol. The van der Waals surface area contributed by atoms with Gasteiger partial charge in [-0.2, -0.15) is 0 Å². The van der Waals surface area contributed by atoms with Gasteiger partial charge in [-0.15, -0.1) is 0 Å². The van der Waals surface area contributed by atoms with Crippen molar-refractivity contribution in [3.63, 3.8) is 0 Å². The minimum Gasteiger partial charge on any atom is -0.340 e. The molecule has 1 heterocycles. The van der Waals surface area contributed by atoms with Crippen molar-refractivity contribution in [3.05, 3.63) is 81.4 Å². The third-order valence-electron chi connectivity index (χ3n) is 4.32. The van der Waals surface area contributed by atoms with Gasteiger partial charge >= 0.3 is 0 Å². The Morgan fingerprint density at radius 2 is 1.63 bits per heavy atom. The van der Waals surface area contributed by atoms with Gasteiger partial charge in [0.2, 0.25) is 0 Å². The molecule has 0 unspecified atom stereocenters. The Hall–Kier alpha value is -2.73. The first-order valence-corrected chi connectivity index (χ1v) is 9.40. The van der Waals surface area contributed by atoms with Crippen LogP contribution in [0.15, 0.2) is 58.2 Å². The molecule has 0 atom stereocenters. The lowest BCUT2D eigenvalue weighted by Crippen LogP contribution is -2.22. The summed E-state index contributed by atoms with van der Waals surface area (Å²) in [6.07, 6.45) is 0. The quantitative estimate of drug-likeness (QED) is 0.586. The van der Waals surface area contributed by atoms with Crippen LogP contribution in [-0.4, -0.2) is 4.57 Å². The van der Waals surface area contributed by atoms with Crippen molar-refractivity contribution < 1.29 is 4.39 Å². The zero-order valence-corrected chi connectivity index (χ0v) is 16.6. The summed E-state index contributed by atoms with van der Waals surface area (Å²) in [5.74, 6) is 0.404. The number of anilines is 3. The topological polar surface area (TPSA) is 46.1 Å². The summed E-state index contributed by atoms with van der Waals surface area (Å²) in [6.45, 7) is 5.86. The van der Waals surface area contributed by atoms with Crippen molar-refractivity contribution >= 4 is 29.1 Å². The van der Waals surface area contributed by atoms with Gasteiger partial charge in [0.1, 0.15) is 11.6 Å². The second-order valence-corrected chi connectivity index (χ2v) is 7.43. The first-order chi connectivity index (χ1) is 12.8. The number of halogens is 1. The average Bonchev–Trinajstić information content (AvgIpc) is 2.64. The molecule has 2 N–H and O–H groups in total. The monoisotopic (exact) mass is 383 g/mol. The summed E-state index contributed by atoms with van der Waals surface area (Å²) in [5.41, 5.74) is 4.59. The number of hydrogen-bond acceptors (Lipinski definition) is 4. The highest BCUT2D eigenvalue weighted by Gasteiger charge is 2.12. The van der Waals surface area contributed by atoms with Gasteiger partial charge in [0, 0.05) is 23.2 Å². The Kier molecular flexibility index (Phi) is 5.56. The molecule has 27 heavy (non-hydrogen) atoms. The fraction of sp³-hybridized carbons (Fsp3) is 0.190. The molecule has 4 nitrogen and oxygen atoms in total. The molecular weight excluding hydrogens is 361 g/mol. The maximum Gasteiger partial charge on any atom is 0.254 e. The summed E-state index contributed by atoms with van der Waals surface area (Å²) < 4.78 is 18.0. The smallest absolute Gasteiger partial charge is 0.254 e. The van der Waals surface area contributed by atoms with Crippen molar-refractivity contribution in [2.24, 2.45) is 7.05 Å². The molecule has 3 aromatic rings. The third kappa shape index (κ3) is 4.34. The number of benzene rings is 2. The Morgan fingerprint density at radius 1 is 0.926 bits per heavy atom. The molecule has 140 valence electrons. The SMILES string of the molecule is Cc1ccc(Nc2c(NSc3ccc(F)cc3)cc(C)c(=O)n2C)c(C)c1. The van der Waals surface area contributed by atoms with Gasteiger partial charge in [0.15, 0.2) is 0 Å². The van der Waals surface area contributed by atoms with E-state index in [1.54, 1.807) is 30.7 Å². The number of pyridine rings is 1. The minimum absolute atomic E-state index is 0.0559. The maximum atomic E-state index is 13.1. The normalized spacial score (nSPS) is 10.7. The van der Waals surface area contributed by atoms with Crippen molar-refractivity contribution in [1.29, 1.82) is 0 Å². The van der Waals surface area contributed by atoms with E-state index in [4.69, 9.17) is 0 Å². The molecule has 0 aliphatic carbocycles. The Balaban J connectivity index is 1.94. The van der Waals surface area contributed by atoms with Crippen LogP contribution in [0.5, 0.6) is 0 Å². The number of aryl methyl sites for hydroxylation is 3. The van der Waals surface area contributed by atoms with Gasteiger partial charge in [-0.3, -0.25) is 9.36 Å². The van der Waals surface area contributed by atoms with Crippen LogP contribution in [0.2, 0.25) is 0 Å². The van der Waals surface area contributed by atoms with Gasteiger partial charge in [0.25, 0.3) is 5.56 Å². The summed E-state index contributed by atoms with van der Waals surface area (Å²) >= 11 is 1.36. The number of rotatable bonds is 5. The zero-order valence-electron chi connectivity index (χ0n) is 15.8. The Morgan fingerprint density at radius 3 is 2.30 bits per heavy atom. The Labute approximate surface area is 162 Å². The van der Waals surface area contributed by atoms with Crippen LogP contribution in [-0.2, 0) is 7.05 Å². The van der Waals surface area contributed by atoms with Crippen molar-refractivity contribution in [3.8, 4) is 0 Å². The lowest BCUT2D eigenvalue weighted by Gasteiger charge is -2.19. The van der Waals surface area contributed by atoms with Crippen molar-refractivity contribution in [1.82, 2.24) is 4.57 Å². The summed E-state index contributed by atoms with van der Waals surface area (Å²) in [4.78, 5) is 13.3. The molecule has 0 spiro atoms. The fourth-order valence-corrected chi connectivity index (χ4v) is 3.48. The van der Waals surface area contributed by atoms with E-state index in [1.807, 2.05) is 32.0 Å². The molecule has 1 aromatic heterocycles. The molecule has 0 saturated heterocycles. The molecule has 0 aliphatic heterocycles. The van der Waals surface area contributed by atoms with E-state index in [0.29, 0.717) is 11.4 Å². The van der Waals surface area contributed by atoms with E-state index >= 15 is 0 Å². The van der Waals surface area contributed by atoms with E-state index in [-0.39, 0.29) is 11.4 Å². The van der Waals surface area contributed by atoms with E-state index in [1.165, 1.54) is 29.6 Å². The standard InChI is InChI=1S/C21H22FN3OS/c1-13-5-10-18(14(2)11-13)23-20-19(12-15(3)21(26)25(20)4)24-27-17-8-6-16(22)7-9-17/h5-12,23-24H,1-4H3. The van der Waals surface area contributed by atoms with E-state index < -0.39 is 0 Å². The summed E-state index contributed by atoms with van der Waals surface area (Å²) in [5, 5.41) is 3.38. The summed E-state index contributed by atoms with van der Waals surface area (Å²) in [6, 6.07) is 14.2. The molecule has 0 radical (unpaired) electrons. The number of nitrogens with one attached hydrogen (secondary N) is 2. The molecular formula is C21H22FN3OS. The fourth-order valence-electron chi connectivity index (χ4n) is 2.82. The number of aromatic nitrogens is 1. The van der Waals surface area contributed by atoms with E-state index in [0.717, 1.165) is 21.8 Å². The van der Waals surface area contributed by atoms with Gasteiger partial charge in [-0.05, 0) is 74.7 Å². The maximum absolute atomic E-state index is 13.1. The van der Waals surface area contributed by atoms with Crippen LogP contribution in [0.4, 0.5) is 21.6 Å². The van der Waals surface area contributed by atoms with Crippen LogP contribution < -0.4 is 15.6 Å². The van der Waals surface area contributed by atoms with Gasteiger partial charge in [0.05, 0.1) is 5.69 Å². The minimum atomic E-state index is -0.269. The molecule has 6 heteroatoms. The molecule has 0 bridgehead atoms. The Bertz CT molecular complexity index is 1030. The number of hydrogen-bond donors (Lipinski definition) is 2. The first kappa shape index (κ1) is 19.0. The summed E-state index contributed by atoms with van der Waals surface area (Å²) in [7, 11) is 1.74. The van der Waals surface area contributed by atoms with Crippen molar-refractivity contribution in [2.45, 2.75) is 25.7 Å². The lowest BCUT2D eigenvalue weighted by molar-refractivity contribution is 0.626. The van der Waals surface area contributed by atoms with Crippen molar-refractivity contribution in [2.75, 3.05) is 10.0 Å². The molecule has 0 fully saturated rings. The molecule has 0 amide bonds. The average molecular weight is 383 g/mol. The third-order valence-corrected chi connectivity index (χ3v) is 5.15. The predicted octanol–water partition coefficient (Wildman–Crippen LogP) is 5.31. The second-order valence-electron chi connectivity index (χ2n) is 6.56. The van der Waals surface area contributed by atoms with E-state index in [9.17, 15) is 9.18 Å². The van der Waals surface area contributed by atoms with Gasteiger partial charge in [-0.1, -0.05) is 17.7 Å². The number of nitrogens with zero attached hydrogens (tertiary/aromatic N) is 1. The van der Waals surface area contributed by atoms with Gasteiger partial charge in [-0.25, -0.2) is 4.39 Å². The molecule has 0 saturated carbocycles. The largest absolute Gasteiger partial charge is 0.340 e. The first-order valence-electron chi connectivity index (χ1n) is 8.58. The highest BCUT2D eigenvalue weighted by atomic mass is 32.2. The molecule has 2 aromatic carbocycles. The van der Waals surface area contributed by atoms with E-state index in [2.05, 4.69) is 16.1 Å². The van der Waals surface area contributed by atoms with Crippen LogP contribution in [0.1, 0.15) is 16.7 Å². The van der Waals surface area contributed by atoms with Crippen LogP contribution in [0.3, 0.4) is 0 Å². The van der Waals surface area contributed by atoms with Gasteiger partial charge < -0.3 is 10.0 Å². The highest BCUT2D eigenvalue weighted by Crippen LogP contribution is 2.30. The lowest BCUT2D eigenvalue weighted by atomic mass is 10.1. The second kappa shape index (κ2) is 7.88. The molecule has 0 aliphatic rings. The molecule has 3 rings (SSSR count).